The molecule has 0 spiro atoms. The Kier molecular flexibility index (Phi) is 5.34. The summed E-state index contributed by atoms with van der Waals surface area (Å²) in [6.07, 6.45) is 1.48. The molecule has 3 rings (SSSR count). The number of anilines is 1. The first kappa shape index (κ1) is 18.5. The fourth-order valence-corrected chi connectivity index (χ4v) is 3.15. The van der Waals surface area contributed by atoms with Gasteiger partial charge in [0.05, 0.1) is 34.8 Å². The molecule has 26 heavy (non-hydrogen) atoms. The first-order valence-electron chi connectivity index (χ1n) is 8.21. The lowest BCUT2D eigenvalue weighted by Crippen LogP contribution is -2.18. The van der Waals surface area contributed by atoms with Gasteiger partial charge in [0.1, 0.15) is 5.69 Å². The predicted octanol–water partition coefficient (Wildman–Crippen LogP) is 4.32. The molecule has 2 heterocycles. The largest absolute Gasteiger partial charge is 0.317 e. The summed E-state index contributed by atoms with van der Waals surface area (Å²) in [5.41, 5.74) is 3.71. The van der Waals surface area contributed by atoms with Crippen LogP contribution >= 0.6 is 23.2 Å². The molecule has 1 aromatic carbocycles. The van der Waals surface area contributed by atoms with Crippen molar-refractivity contribution in [3.05, 3.63) is 63.2 Å². The molecule has 136 valence electrons. The zero-order valence-corrected chi connectivity index (χ0v) is 16.3. The van der Waals surface area contributed by atoms with E-state index in [4.69, 9.17) is 23.2 Å². The Morgan fingerprint density at radius 1 is 1.15 bits per heavy atom. The molecule has 0 aliphatic rings. The zero-order chi connectivity index (χ0) is 18.8. The maximum atomic E-state index is 12.7. The molecule has 2 aromatic heterocycles. The van der Waals surface area contributed by atoms with Gasteiger partial charge in [-0.05, 0) is 38.5 Å². The fourth-order valence-electron chi connectivity index (χ4n) is 2.80. The molecule has 1 N–H and O–H groups in total. The third kappa shape index (κ3) is 3.61. The summed E-state index contributed by atoms with van der Waals surface area (Å²) in [6, 6.07) is 7.60. The topological polar surface area (TPSA) is 64.7 Å². The smallest absolute Gasteiger partial charge is 0.275 e. The number of carbonyl (C=O) groups is 1. The lowest BCUT2D eigenvalue weighted by Gasteiger charge is -2.09. The van der Waals surface area contributed by atoms with E-state index >= 15 is 0 Å². The standard InChI is InChI=1S/C18H19Cl2N5O/c1-4-24-17(15(20)9-21-24)18(26)22-16-11(2)23-25(12(16)3)10-13-5-7-14(19)8-6-13/h5-9H,4,10H2,1-3H3,(H,22,26). The van der Waals surface area contributed by atoms with Gasteiger partial charge in [0.2, 0.25) is 0 Å². The van der Waals surface area contributed by atoms with Gasteiger partial charge in [0.15, 0.2) is 0 Å². The molecular formula is C18H19Cl2N5O. The Morgan fingerprint density at radius 3 is 2.50 bits per heavy atom. The van der Waals surface area contributed by atoms with Crippen LogP contribution in [0.1, 0.15) is 34.4 Å². The summed E-state index contributed by atoms with van der Waals surface area (Å²) in [7, 11) is 0. The summed E-state index contributed by atoms with van der Waals surface area (Å²) in [5.74, 6) is -0.299. The quantitative estimate of drug-likeness (QED) is 0.703. The maximum Gasteiger partial charge on any atom is 0.275 e. The van der Waals surface area contributed by atoms with Crippen molar-refractivity contribution in [2.24, 2.45) is 0 Å². The number of amides is 1. The molecule has 0 unspecified atom stereocenters. The summed E-state index contributed by atoms with van der Waals surface area (Å²) < 4.78 is 3.42. The van der Waals surface area contributed by atoms with Crippen molar-refractivity contribution >= 4 is 34.8 Å². The highest BCUT2D eigenvalue weighted by Crippen LogP contribution is 2.23. The predicted molar refractivity (Wildman–Crippen MR) is 103 cm³/mol. The number of nitrogens with zero attached hydrogens (tertiary/aromatic N) is 4. The molecule has 0 radical (unpaired) electrons. The number of benzene rings is 1. The van der Waals surface area contributed by atoms with Crippen LogP contribution in [0, 0.1) is 13.8 Å². The van der Waals surface area contributed by atoms with Gasteiger partial charge in [-0.1, -0.05) is 35.3 Å². The van der Waals surface area contributed by atoms with Gasteiger partial charge in [-0.15, -0.1) is 0 Å². The van der Waals surface area contributed by atoms with Crippen LogP contribution in [-0.2, 0) is 13.1 Å². The van der Waals surface area contributed by atoms with E-state index in [1.54, 1.807) is 4.68 Å². The number of hydrogen-bond acceptors (Lipinski definition) is 3. The second-order valence-corrected chi connectivity index (χ2v) is 6.78. The molecule has 0 aliphatic heterocycles. The van der Waals surface area contributed by atoms with Crippen LogP contribution in [0.5, 0.6) is 0 Å². The fraction of sp³-hybridized carbons (Fsp3) is 0.278. The van der Waals surface area contributed by atoms with Crippen LogP contribution in [0.25, 0.3) is 0 Å². The molecule has 0 saturated carbocycles. The summed E-state index contributed by atoms with van der Waals surface area (Å²) in [5, 5.41) is 12.6. The second kappa shape index (κ2) is 7.51. The summed E-state index contributed by atoms with van der Waals surface area (Å²) in [4.78, 5) is 12.7. The number of hydrogen-bond donors (Lipinski definition) is 1. The van der Waals surface area contributed by atoms with E-state index in [9.17, 15) is 4.79 Å². The third-order valence-corrected chi connectivity index (χ3v) is 4.70. The molecule has 0 atom stereocenters. The van der Waals surface area contributed by atoms with Crippen molar-refractivity contribution in [2.45, 2.75) is 33.9 Å². The van der Waals surface area contributed by atoms with Crippen LogP contribution < -0.4 is 5.32 Å². The molecule has 0 bridgehead atoms. The van der Waals surface area contributed by atoms with Crippen LogP contribution in [0.2, 0.25) is 10.0 Å². The van der Waals surface area contributed by atoms with E-state index in [1.165, 1.54) is 6.20 Å². The van der Waals surface area contributed by atoms with Gasteiger partial charge < -0.3 is 5.32 Å². The zero-order valence-electron chi connectivity index (χ0n) is 14.8. The van der Waals surface area contributed by atoms with Crippen molar-refractivity contribution in [3.63, 3.8) is 0 Å². The van der Waals surface area contributed by atoms with Gasteiger partial charge in [0, 0.05) is 11.6 Å². The highest BCUT2D eigenvalue weighted by atomic mass is 35.5. The Hall–Kier alpha value is -2.31. The summed E-state index contributed by atoms with van der Waals surface area (Å²) >= 11 is 12.0. The number of nitrogens with one attached hydrogen (secondary N) is 1. The Morgan fingerprint density at radius 2 is 1.85 bits per heavy atom. The maximum absolute atomic E-state index is 12.7. The molecule has 6 nitrogen and oxygen atoms in total. The van der Waals surface area contributed by atoms with Crippen molar-refractivity contribution in [2.75, 3.05) is 5.32 Å². The van der Waals surface area contributed by atoms with E-state index < -0.39 is 0 Å². The molecule has 0 saturated heterocycles. The lowest BCUT2D eigenvalue weighted by atomic mass is 10.2. The number of halogens is 2. The van der Waals surface area contributed by atoms with Crippen LogP contribution in [-0.4, -0.2) is 25.5 Å². The van der Waals surface area contributed by atoms with E-state index in [0.717, 1.165) is 17.0 Å². The van der Waals surface area contributed by atoms with E-state index in [1.807, 2.05) is 49.7 Å². The SMILES string of the molecule is CCn1ncc(Cl)c1C(=O)Nc1c(C)nn(Cc2ccc(Cl)cc2)c1C. The minimum absolute atomic E-state index is 0.299. The lowest BCUT2D eigenvalue weighted by molar-refractivity contribution is 0.101. The van der Waals surface area contributed by atoms with Gasteiger partial charge in [0.25, 0.3) is 5.91 Å². The van der Waals surface area contributed by atoms with Crippen molar-refractivity contribution in [1.29, 1.82) is 0 Å². The Balaban J connectivity index is 1.85. The Labute approximate surface area is 161 Å². The van der Waals surface area contributed by atoms with E-state index in [0.29, 0.717) is 34.5 Å². The average molecular weight is 392 g/mol. The van der Waals surface area contributed by atoms with Crippen LogP contribution in [0.15, 0.2) is 30.5 Å². The normalized spacial score (nSPS) is 11.0. The second-order valence-electron chi connectivity index (χ2n) is 5.94. The minimum Gasteiger partial charge on any atom is -0.317 e. The molecule has 3 aromatic rings. The number of carbonyl (C=O) groups excluding carboxylic acids is 1. The number of aryl methyl sites for hydroxylation is 2. The summed E-state index contributed by atoms with van der Waals surface area (Å²) in [6.45, 7) is 6.83. The molecule has 8 heteroatoms. The van der Waals surface area contributed by atoms with Gasteiger partial charge in [-0.3, -0.25) is 14.2 Å². The van der Waals surface area contributed by atoms with Gasteiger partial charge in [-0.2, -0.15) is 10.2 Å². The van der Waals surface area contributed by atoms with Crippen molar-refractivity contribution in [1.82, 2.24) is 19.6 Å². The minimum atomic E-state index is -0.299. The molecule has 0 fully saturated rings. The van der Waals surface area contributed by atoms with Crippen molar-refractivity contribution < 1.29 is 4.79 Å². The monoisotopic (exact) mass is 391 g/mol. The van der Waals surface area contributed by atoms with Gasteiger partial charge in [-0.25, -0.2) is 0 Å². The van der Waals surface area contributed by atoms with Gasteiger partial charge >= 0.3 is 0 Å². The average Bonchev–Trinajstić information content (AvgIpc) is 3.11. The van der Waals surface area contributed by atoms with E-state index in [-0.39, 0.29) is 5.91 Å². The highest BCUT2D eigenvalue weighted by Gasteiger charge is 2.20. The van der Waals surface area contributed by atoms with Crippen LogP contribution in [0.4, 0.5) is 5.69 Å². The van der Waals surface area contributed by atoms with E-state index in [2.05, 4.69) is 15.5 Å². The molecular weight excluding hydrogens is 373 g/mol. The first-order valence-corrected chi connectivity index (χ1v) is 8.97. The number of rotatable bonds is 5. The molecule has 0 aliphatic carbocycles. The Bertz CT molecular complexity index is 943. The highest BCUT2D eigenvalue weighted by molar-refractivity contribution is 6.34. The van der Waals surface area contributed by atoms with Crippen molar-refractivity contribution in [3.8, 4) is 0 Å². The van der Waals surface area contributed by atoms with Crippen LogP contribution in [0.3, 0.4) is 0 Å². The third-order valence-electron chi connectivity index (χ3n) is 4.18. The first-order chi connectivity index (χ1) is 12.4. The number of aromatic nitrogens is 4. The molecule has 1 amide bonds.